The Balaban J connectivity index is 1.56. The summed E-state index contributed by atoms with van der Waals surface area (Å²) in [7, 11) is -0.744. The fraction of sp³-hybridized carbons (Fsp3) is 0.172. The molecule has 2 unspecified atom stereocenters. The molecule has 158 valence electrons. The second-order valence-corrected chi connectivity index (χ2v) is 11.0. The minimum atomic E-state index is -0.744. The van der Waals surface area contributed by atoms with E-state index >= 15 is 0 Å². The highest BCUT2D eigenvalue weighted by molar-refractivity contribution is 7.80. The van der Waals surface area contributed by atoms with Crippen molar-refractivity contribution in [2.24, 2.45) is 0 Å². The molecule has 2 atom stereocenters. The summed E-state index contributed by atoms with van der Waals surface area (Å²) in [5.41, 5.74) is 6.23. The second-order valence-electron chi connectivity index (χ2n) is 8.79. The molecule has 2 aliphatic rings. The van der Waals surface area contributed by atoms with E-state index in [9.17, 15) is 0 Å². The number of ether oxygens (including phenoxy) is 2. The molecule has 0 aliphatic carbocycles. The van der Waals surface area contributed by atoms with Gasteiger partial charge in [0.15, 0.2) is 0 Å². The van der Waals surface area contributed by atoms with Gasteiger partial charge in [-0.3, -0.25) is 0 Å². The van der Waals surface area contributed by atoms with Gasteiger partial charge in [0, 0.05) is 16.4 Å². The minimum absolute atomic E-state index is 0.126. The topological polar surface area (TPSA) is 18.5 Å². The molecule has 0 fully saturated rings. The molecular formula is C29H25O2P. The van der Waals surface area contributed by atoms with Crippen LogP contribution in [-0.2, 0) is 0 Å². The lowest BCUT2D eigenvalue weighted by Gasteiger charge is -2.23. The van der Waals surface area contributed by atoms with Crippen molar-refractivity contribution < 1.29 is 9.47 Å². The summed E-state index contributed by atoms with van der Waals surface area (Å²) in [6, 6.07) is 30.7. The smallest absolute Gasteiger partial charge is 0.252 e. The monoisotopic (exact) mass is 436 g/mol. The molecule has 0 N–H and O–H groups in total. The highest BCUT2D eigenvalue weighted by Crippen LogP contribution is 2.53. The first kappa shape index (κ1) is 19.6. The quantitative estimate of drug-likeness (QED) is 0.389. The molecule has 0 radical (unpaired) electrons. The van der Waals surface area contributed by atoms with Gasteiger partial charge in [0.1, 0.15) is 11.5 Å². The first-order valence-electron chi connectivity index (χ1n) is 11.1. The van der Waals surface area contributed by atoms with Crippen LogP contribution in [0, 0.1) is 20.8 Å². The van der Waals surface area contributed by atoms with Gasteiger partial charge >= 0.3 is 0 Å². The Morgan fingerprint density at radius 3 is 1.78 bits per heavy atom. The molecular weight excluding hydrogens is 411 g/mol. The zero-order valence-corrected chi connectivity index (χ0v) is 19.4. The molecule has 6 rings (SSSR count). The maximum Gasteiger partial charge on any atom is 0.252 e. The zero-order chi connectivity index (χ0) is 21.8. The van der Waals surface area contributed by atoms with Crippen molar-refractivity contribution >= 4 is 23.8 Å². The van der Waals surface area contributed by atoms with Crippen LogP contribution >= 0.6 is 7.92 Å². The third-order valence-corrected chi connectivity index (χ3v) is 8.81. The van der Waals surface area contributed by atoms with Gasteiger partial charge in [0.05, 0.1) is 5.92 Å². The van der Waals surface area contributed by atoms with Crippen molar-refractivity contribution in [3.05, 3.63) is 113 Å². The first-order valence-corrected chi connectivity index (χ1v) is 12.4. The average molecular weight is 436 g/mol. The molecule has 0 aromatic heterocycles. The Morgan fingerprint density at radius 1 is 0.625 bits per heavy atom. The Bertz CT molecular complexity index is 1270. The average Bonchev–Trinajstić information content (AvgIpc) is 3.33. The van der Waals surface area contributed by atoms with E-state index in [2.05, 4.69) is 106 Å². The molecule has 0 bridgehead atoms. The molecule has 2 aliphatic heterocycles. The summed E-state index contributed by atoms with van der Waals surface area (Å²) in [6.45, 7) is 6.47. The van der Waals surface area contributed by atoms with Gasteiger partial charge in [-0.05, 0) is 56.5 Å². The number of fused-ring (bicyclic) bond motifs is 5. The normalized spacial score (nSPS) is 18.0. The number of rotatable bonds is 3. The van der Waals surface area contributed by atoms with Crippen LogP contribution in [0.25, 0.3) is 0 Å². The van der Waals surface area contributed by atoms with E-state index < -0.39 is 7.92 Å². The molecule has 4 aromatic carbocycles. The molecule has 3 heteroatoms. The highest BCUT2D eigenvalue weighted by Gasteiger charge is 2.46. The van der Waals surface area contributed by atoms with Gasteiger partial charge in [-0.1, -0.05) is 84.4 Å². The molecule has 0 saturated heterocycles. The summed E-state index contributed by atoms with van der Waals surface area (Å²) < 4.78 is 13.0. The number of hydrogen-bond donors (Lipinski definition) is 0. The van der Waals surface area contributed by atoms with Crippen molar-refractivity contribution in [1.82, 2.24) is 0 Å². The van der Waals surface area contributed by atoms with Gasteiger partial charge < -0.3 is 9.47 Å². The lowest BCUT2D eigenvalue weighted by Crippen LogP contribution is -2.24. The van der Waals surface area contributed by atoms with E-state index in [-0.39, 0.29) is 12.2 Å². The highest BCUT2D eigenvalue weighted by atomic mass is 31.1. The molecule has 32 heavy (non-hydrogen) atoms. The van der Waals surface area contributed by atoms with Crippen LogP contribution in [0.5, 0.6) is 11.5 Å². The van der Waals surface area contributed by atoms with E-state index in [1.54, 1.807) is 0 Å². The molecule has 0 spiro atoms. The number of benzene rings is 4. The molecule has 0 saturated carbocycles. The SMILES string of the molecule is Cc1cc(C)c2c(c1)C1c3cc(C)cc(P(c4ccccc4)c4ccccc4)c3OC1O2. The van der Waals surface area contributed by atoms with Crippen LogP contribution in [0.2, 0.25) is 0 Å². The van der Waals surface area contributed by atoms with Gasteiger partial charge in [-0.2, -0.15) is 0 Å². The van der Waals surface area contributed by atoms with Crippen molar-refractivity contribution in [3.63, 3.8) is 0 Å². The van der Waals surface area contributed by atoms with Crippen LogP contribution < -0.4 is 25.4 Å². The molecule has 2 nitrogen and oxygen atoms in total. The van der Waals surface area contributed by atoms with Crippen LogP contribution in [0.4, 0.5) is 0 Å². The summed E-state index contributed by atoms with van der Waals surface area (Å²) in [6.07, 6.45) is -0.288. The summed E-state index contributed by atoms with van der Waals surface area (Å²) in [5.74, 6) is 2.13. The van der Waals surface area contributed by atoms with E-state index in [0.29, 0.717) is 0 Å². The number of hydrogen-bond acceptors (Lipinski definition) is 2. The lowest BCUT2D eigenvalue weighted by molar-refractivity contribution is 0.0332. The summed E-state index contributed by atoms with van der Waals surface area (Å²) in [5, 5.41) is 3.93. The van der Waals surface area contributed by atoms with Crippen molar-refractivity contribution in [2.45, 2.75) is 33.0 Å². The Hall–Kier alpha value is -3.09. The van der Waals surface area contributed by atoms with E-state index in [1.807, 2.05) is 0 Å². The van der Waals surface area contributed by atoms with E-state index in [1.165, 1.54) is 43.7 Å². The van der Waals surface area contributed by atoms with Crippen LogP contribution in [0.3, 0.4) is 0 Å². The van der Waals surface area contributed by atoms with Gasteiger partial charge in [-0.25, -0.2) is 0 Å². The lowest BCUT2D eigenvalue weighted by atomic mass is 9.90. The first-order chi connectivity index (χ1) is 15.6. The predicted molar refractivity (Wildman–Crippen MR) is 133 cm³/mol. The van der Waals surface area contributed by atoms with Crippen LogP contribution in [-0.4, -0.2) is 6.29 Å². The standard InChI is InChI=1S/C29H25O2P/c1-18-14-20(3)27-23(15-18)26-24-16-19(2)17-25(28(24)31-29(26)30-27)32(21-10-6-4-7-11-21)22-12-8-5-9-13-22/h4-17,26,29H,1-3H3. The van der Waals surface area contributed by atoms with Gasteiger partial charge in [-0.15, -0.1) is 0 Å². The fourth-order valence-corrected chi connectivity index (χ4v) is 7.63. The third kappa shape index (κ3) is 3.05. The second kappa shape index (κ2) is 7.50. The molecule has 2 heterocycles. The Morgan fingerprint density at radius 2 is 1.16 bits per heavy atom. The number of aryl methyl sites for hydroxylation is 3. The van der Waals surface area contributed by atoms with Gasteiger partial charge in [0.25, 0.3) is 6.29 Å². The molecule has 0 amide bonds. The largest absolute Gasteiger partial charge is 0.453 e. The predicted octanol–water partition coefficient (Wildman–Crippen LogP) is 5.61. The zero-order valence-electron chi connectivity index (χ0n) is 18.5. The van der Waals surface area contributed by atoms with Crippen molar-refractivity contribution in [1.29, 1.82) is 0 Å². The maximum absolute atomic E-state index is 6.61. The van der Waals surface area contributed by atoms with Crippen molar-refractivity contribution in [2.75, 3.05) is 0 Å². The van der Waals surface area contributed by atoms with E-state index in [4.69, 9.17) is 9.47 Å². The summed E-state index contributed by atoms with van der Waals surface area (Å²) in [4.78, 5) is 0. The van der Waals surface area contributed by atoms with Gasteiger partial charge in [0.2, 0.25) is 0 Å². The Kier molecular flexibility index (Phi) is 4.59. The fourth-order valence-electron chi connectivity index (χ4n) is 5.12. The summed E-state index contributed by atoms with van der Waals surface area (Å²) >= 11 is 0. The molecule has 4 aromatic rings. The minimum Gasteiger partial charge on any atom is -0.453 e. The third-order valence-electron chi connectivity index (χ3n) is 6.37. The maximum atomic E-state index is 6.61. The van der Waals surface area contributed by atoms with Crippen molar-refractivity contribution in [3.8, 4) is 11.5 Å². The van der Waals surface area contributed by atoms with Crippen LogP contribution in [0.15, 0.2) is 84.9 Å². The van der Waals surface area contributed by atoms with E-state index in [0.717, 1.165) is 11.5 Å². The Labute approximate surface area is 190 Å². The van der Waals surface area contributed by atoms with Crippen LogP contribution in [0.1, 0.15) is 33.7 Å².